The molecule has 0 saturated carbocycles. The first-order chi connectivity index (χ1) is 17.0. The lowest BCUT2D eigenvalue weighted by atomic mass is 10.1. The minimum Gasteiger partial charge on any atom is -0.496 e. The molecule has 4 rings (SSSR count). The van der Waals surface area contributed by atoms with E-state index < -0.39 is 5.97 Å². The number of nitrogens with one attached hydrogen (secondary N) is 1. The zero-order valence-electron chi connectivity index (χ0n) is 19.3. The van der Waals surface area contributed by atoms with Crippen LogP contribution in [0, 0.1) is 0 Å². The van der Waals surface area contributed by atoms with Crippen molar-refractivity contribution in [3.05, 3.63) is 69.4 Å². The molecular weight excluding hydrogens is 470 g/mol. The smallest absolute Gasteiger partial charge is 0.335 e. The first-order valence-corrected chi connectivity index (χ1v) is 11.9. The molecule has 2 N–H and O–H groups in total. The van der Waals surface area contributed by atoms with E-state index in [1.54, 1.807) is 12.3 Å². The standard InChI is InChI=1S/C23H25N7O4S/c1-3-4-7-20-24-12-18(29(20)13-16-9-8-15(22(32)33)11-19(16)34-2)21(31)30(23-25-27-28-26-23)14-17-6-5-10-35-17/h5-6,8-12H,3-4,7,13-14H2,1-2H3,(H,32,33)(H,25,26,27,28). The fourth-order valence-corrected chi connectivity index (χ4v) is 4.37. The Bertz CT molecular complexity index is 1290. The molecule has 0 unspecified atom stereocenters. The molecule has 11 nitrogen and oxygen atoms in total. The Morgan fingerprint density at radius 1 is 1.29 bits per heavy atom. The molecule has 35 heavy (non-hydrogen) atoms. The van der Waals surface area contributed by atoms with E-state index in [-0.39, 0.29) is 30.5 Å². The number of aromatic amines is 1. The van der Waals surface area contributed by atoms with Gasteiger partial charge in [-0.3, -0.25) is 9.69 Å². The average Bonchev–Trinajstić information content (AvgIpc) is 3.64. The van der Waals surface area contributed by atoms with Gasteiger partial charge < -0.3 is 14.4 Å². The number of thiophene rings is 1. The van der Waals surface area contributed by atoms with Gasteiger partial charge in [0.05, 0.1) is 32.0 Å². The molecule has 0 aliphatic carbocycles. The zero-order valence-corrected chi connectivity index (χ0v) is 20.2. The summed E-state index contributed by atoms with van der Waals surface area (Å²) in [5, 5.41) is 25.3. The molecular formula is C23H25N7O4S. The van der Waals surface area contributed by atoms with Gasteiger partial charge in [0.1, 0.15) is 17.3 Å². The predicted molar refractivity (Wildman–Crippen MR) is 129 cm³/mol. The van der Waals surface area contributed by atoms with Crippen molar-refractivity contribution in [3.8, 4) is 5.75 Å². The number of hydrogen-bond donors (Lipinski definition) is 2. The van der Waals surface area contributed by atoms with Gasteiger partial charge in [-0.1, -0.05) is 30.6 Å². The highest BCUT2D eigenvalue weighted by atomic mass is 32.1. The molecule has 0 bridgehead atoms. The largest absolute Gasteiger partial charge is 0.496 e. The topological polar surface area (TPSA) is 139 Å². The second kappa shape index (κ2) is 10.9. The van der Waals surface area contributed by atoms with E-state index in [0.29, 0.717) is 17.9 Å². The number of amides is 1. The summed E-state index contributed by atoms with van der Waals surface area (Å²) in [5.41, 5.74) is 1.21. The van der Waals surface area contributed by atoms with E-state index in [4.69, 9.17) is 4.74 Å². The normalized spacial score (nSPS) is 10.9. The van der Waals surface area contributed by atoms with Crippen molar-refractivity contribution in [2.45, 2.75) is 39.3 Å². The Morgan fingerprint density at radius 3 is 2.80 bits per heavy atom. The van der Waals surface area contributed by atoms with Gasteiger partial charge in [-0.05, 0) is 35.2 Å². The first-order valence-electron chi connectivity index (χ1n) is 11.0. The van der Waals surface area contributed by atoms with Crippen LogP contribution in [0.1, 0.15) is 56.9 Å². The van der Waals surface area contributed by atoms with Crippen LogP contribution in [0.4, 0.5) is 5.95 Å². The van der Waals surface area contributed by atoms with E-state index in [9.17, 15) is 14.7 Å². The Hall–Kier alpha value is -4.06. The number of H-pyrrole nitrogens is 1. The van der Waals surface area contributed by atoms with Crippen molar-refractivity contribution in [2.75, 3.05) is 12.0 Å². The number of carboxylic acid groups (broad SMARTS) is 1. The molecule has 0 saturated heterocycles. The second-order valence-corrected chi connectivity index (χ2v) is 8.80. The lowest BCUT2D eigenvalue weighted by molar-refractivity contribution is 0.0696. The monoisotopic (exact) mass is 495 g/mol. The number of methoxy groups -OCH3 is 1. The van der Waals surface area contributed by atoms with Gasteiger partial charge in [-0.15, -0.1) is 16.4 Å². The lowest BCUT2D eigenvalue weighted by Gasteiger charge is -2.20. The number of hydrogen-bond acceptors (Lipinski definition) is 8. The van der Waals surface area contributed by atoms with E-state index in [2.05, 4.69) is 32.5 Å². The van der Waals surface area contributed by atoms with Gasteiger partial charge in [0.2, 0.25) is 0 Å². The summed E-state index contributed by atoms with van der Waals surface area (Å²) in [6.07, 6.45) is 4.13. The van der Waals surface area contributed by atoms with E-state index in [1.165, 1.54) is 35.5 Å². The number of aromatic nitrogens is 6. The van der Waals surface area contributed by atoms with Crippen LogP contribution in [-0.4, -0.2) is 54.3 Å². The summed E-state index contributed by atoms with van der Waals surface area (Å²) in [6.45, 7) is 2.65. The molecule has 4 aromatic rings. The zero-order chi connectivity index (χ0) is 24.8. The van der Waals surface area contributed by atoms with Gasteiger partial charge in [-0.25, -0.2) is 9.78 Å². The van der Waals surface area contributed by atoms with Crippen molar-refractivity contribution in [1.29, 1.82) is 0 Å². The van der Waals surface area contributed by atoms with Gasteiger partial charge >= 0.3 is 5.97 Å². The van der Waals surface area contributed by atoms with Gasteiger partial charge in [0.15, 0.2) is 0 Å². The first kappa shape index (κ1) is 24.1. The van der Waals surface area contributed by atoms with Crippen molar-refractivity contribution in [1.82, 2.24) is 30.2 Å². The minimum absolute atomic E-state index is 0.123. The third-order valence-electron chi connectivity index (χ3n) is 5.49. The number of imidazole rings is 1. The number of unbranched alkanes of at least 4 members (excludes halogenated alkanes) is 1. The molecule has 0 aliphatic rings. The maximum Gasteiger partial charge on any atom is 0.335 e. The number of tetrazole rings is 1. The van der Waals surface area contributed by atoms with Gasteiger partial charge in [0.25, 0.3) is 11.9 Å². The summed E-state index contributed by atoms with van der Waals surface area (Å²) >= 11 is 1.53. The molecule has 0 atom stereocenters. The summed E-state index contributed by atoms with van der Waals surface area (Å²) in [7, 11) is 1.49. The number of carbonyl (C=O) groups is 2. The Labute approximate surface area is 205 Å². The number of nitrogens with zero attached hydrogens (tertiary/aromatic N) is 6. The highest BCUT2D eigenvalue weighted by Crippen LogP contribution is 2.25. The molecule has 1 aromatic carbocycles. The molecule has 1 amide bonds. The molecule has 3 heterocycles. The van der Waals surface area contributed by atoms with Crippen LogP contribution in [0.2, 0.25) is 0 Å². The highest BCUT2D eigenvalue weighted by molar-refractivity contribution is 7.09. The van der Waals surface area contributed by atoms with Crippen LogP contribution < -0.4 is 9.64 Å². The summed E-state index contributed by atoms with van der Waals surface area (Å²) in [4.78, 5) is 32.2. The Morgan fingerprint density at radius 2 is 2.14 bits per heavy atom. The SMILES string of the molecule is CCCCc1ncc(C(=O)N(Cc2cccs2)c2nn[nH]n2)n1Cc1ccc(C(=O)O)cc1OC. The van der Waals surface area contributed by atoms with Crippen molar-refractivity contribution in [3.63, 3.8) is 0 Å². The minimum atomic E-state index is -1.04. The van der Waals surface area contributed by atoms with Crippen molar-refractivity contribution >= 4 is 29.2 Å². The van der Waals surface area contributed by atoms with E-state index >= 15 is 0 Å². The predicted octanol–water partition coefficient (Wildman–Crippen LogP) is 3.40. The van der Waals surface area contributed by atoms with Crippen molar-refractivity contribution < 1.29 is 19.4 Å². The fourth-order valence-electron chi connectivity index (χ4n) is 3.67. The third-order valence-corrected chi connectivity index (χ3v) is 6.35. The third kappa shape index (κ3) is 5.38. The molecule has 3 aromatic heterocycles. The van der Waals surface area contributed by atoms with Crippen LogP contribution in [0.5, 0.6) is 5.75 Å². The molecule has 0 fully saturated rings. The number of aromatic carboxylic acids is 1. The molecule has 0 aliphatic heterocycles. The van der Waals surface area contributed by atoms with Gasteiger partial charge in [-0.2, -0.15) is 5.21 Å². The summed E-state index contributed by atoms with van der Waals surface area (Å²) in [5.74, 6) is -0.0251. The van der Waals surface area contributed by atoms with Crippen LogP contribution in [0.15, 0.2) is 41.9 Å². The molecule has 0 radical (unpaired) electrons. The van der Waals surface area contributed by atoms with Crippen LogP contribution in [-0.2, 0) is 19.5 Å². The number of benzene rings is 1. The number of carboxylic acids is 1. The Balaban J connectivity index is 1.73. The van der Waals surface area contributed by atoms with Gasteiger partial charge in [0, 0.05) is 16.9 Å². The summed E-state index contributed by atoms with van der Waals surface area (Å²) in [6, 6.07) is 8.54. The van der Waals surface area contributed by atoms with Crippen LogP contribution >= 0.6 is 11.3 Å². The summed E-state index contributed by atoms with van der Waals surface area (Å²) < 4.78 is 7.30. The number of ether oxygens (including phenoxy) is 1. The maximum atomic E-state index is 13.8. The number of rotatable bonds is 11. The fraction of sp³-hybridized carbons (Fsp3) is 0.304. The number of anilines is 1. The number of aryl methyl sites for hydroxylation is 1. The lowest BCUT2D eigenvalue weighted by Crippen LogP contribution is -2.33. The van der Waals surface area contributed by atoms with E-state index in [0.717, 1.165) is 29.1 Å². The number of carbonyl (C=O) groups excluding carboxylic acids is 1. The van der Waals surface area contributed by atoms with Crippen molar-refractivity contribution in [2.24, 2.45) is 0 Å². The average molecular weight is 496 g/mol. The molecule has 0 spiro atoms. The van der Waals surface area contributed by atoms with Crippen LogP contribution in [0.25, 0.3) is 0 Å². The Kier molecular flexibility index (Phi) is 7.51. The molecule has 12 heteroatoms. The van der Waals surface area contributed by atoms with Crippen LogP contribution in [0.3, 0.4) is 0 Å². The maximum absolute atomic E-state index is 13.8. The second-order valence-electron chi connectivity index (χ2n) is 7.76. The highest BCUT2D eigenvalue weighted by Gasteiger charge is 2.27. The van der Waals surface area contributed by atoms with E-state index in [1.807, 2.05) is 22.1 Å². The quantitative estimate of drug-likeness (QED) is 0.323. The molecule has 182 valence electrons.